The molecule has 0 aromatic heterocycles. The summed E-state index contributed by atoms with van der Waals surface area (Å²) >= 11 is 0. The molecule has 0 aliphatic heterocycles. The van der Waals surface area contributed by atoms with E-state index in [1.165, 1.54) is 38.6 Å². The van der Waals surface area contributed by atoms with Crippen molar-refractivity contribution in [3.05, 3.63) is 0 Å². The minimum atomic E-state index is 0.609. The van der Waals surface area contributed by atoms with Crippen LogP contribution in [0.3, 0.4) is 0 Å². The van der Waals surface area contributed by atoms with Gasteiger partial charge in [-0.15, -0.1) is 0 Å². The zero-order chi connectivity index (χ0) is 12.6. The normalized spacial score (nSPS) is 35.3. The van der Waals surface area contributed by atoms with E-state index in [0.29, 0.717) is 5.41 Å². The Bertz CT molecular complexity index is 277. The highest BCUT2D eigenvalue weighted by atomic mass is 15.0. The van der Waals surface area contributed by atoms with E-state index >= 15 is 0 Å². The molecule has 0 amide bonds. The third-order valence-corrected chi connectivity index (χ3v) is 6.42. The number of rotatable bonds is 7. The van der Waals surface area contributed by atoms with Gasteiger partial charge in [-0.2, -0.15) is 0 Å². The van der Waals surface area contributed by atoms with E-state index in [0.717, 1.165) is 23.8 Å². The average molecular weight is 249 g/mol. The molecule has 3 saturated carbocycles. The van der Waals surface area contributed by atoms with Gasteiger partial charge < -0.3 is 5.32 Å². The van der Waals surface area contributed by atoms with Crippen LogP contribution in [0.1, 0.15) is 71.6 Å². The molecule has 3 unspecified atom stereocenters. The zero-order valence-corrected chi connectivity index (χ0v) is 12.4. The molecule has 0 saturated heterocycles. The molecule has 0 aromatic carbocycles. The SMILES string of the molecule is CCC(CC)(CNC1CC1)CC1CC2CCC1C2. The van der Waals surface area contributed by atoms with Gasteiger partial charge in [0.15, 0.2) is 0 Å². The van der Waals surface area contributed by atoms with Crippen molar-refractivity contribution in [1.82, 2.24) is 5.32 Å². The summed E-state index contributed by atoms with van der Waals surface area (Å²) in [6, 6.07) is 0.877. The summed E-state index contributed by atoms with van der Waals surface area (Å²) < 4.78 is 0. The maximum absolute atomic E-state index is 3.82. The summed E-state index contributed by atoms with van der Waals surface area (Å²) in [6.07, 6.45) is 13.4. The van der Waals surface area contributed by atoms with Crippen molar-refractivity contribution in [2.24, 2.45) is 23.2 Å². The summed E-state index contributed by atoms with van der Waals surface area (Å²) in [5.41, 5.74) is 0.609. The Labute approximate surface area is 113 Å². The van der Waals surface area contributed by atoms with E-state index in [-0.39, 0.29) is 0 Å². The van der Waals surface area contributed by atoms with E-state index in [1.54, 1.807) is 25.7 Å². The van der Waals surface area contributed by atoms with Crippen LogP contribution < -0.4 is 5.32 Å². The van der Waals surface area contributed by atoms with Crippen LogP contribution >= 0.6 is 0 Å². The fraction of sp³-hybridized carbons (Fsp3) is 1.00. The van der Waals surface area contributed by atoms with Gasteiger partial charge in [0.1, 0.15) is 0 Å². The van der Waals surface area contributed by atoms with E-state index < -0.39 is 0 Å². The molecule has 1 nitrogen and oxygen atoms in total. The van der Waals surface area contributed by atoms with Crippen molar-refractivity contribution in [2.75, 3.05) is 6.54 Å². The van der Waals surface area contributed by atoms with Gasteiger partial charge >= 0.3 is 0 Å². The Balaban J connectivity index is 1.57. The molecule has 104 valence electrons. The number of hydrogen-bond donors (Lipinski definition) is 1. The maximum Gasteiger partial charge on any atom is 0.00684 e. The lowest BCUT2D eigenvalue weighted by Gasteiger charge is -2.37. The summed E-state index contributed by atoms with van der Waals surface area (Å²) in [7, 11) is 0. The smallest absolute Gasteiger partial charge is 0.00684 e. The largest absolute Gasteiger partial charge is 0.313 e. The van der Waals surface area contributed by atoms with Crippen molar-refractivity contribution in [2.45, 2.75) is 77.7 Å². The van der Waals surface area contributed by atoms with Gasteiger partial charge in [0.25, 0.3) is 0 Å². The van der Waals surface area contributed by atoms with Crippen LogP contribution in [-0.2, 0) is 0 Å². The van der Waals surface area contributed by atoms with Crippen LogP contribution in [0.4, 0.5) is 0 Å². The Morgan fingerprint density at radius 1 is 1.00 bits per heavy atom. The van der Waals surface area contributed by atoms with Crippen molar-refractivity contribution >= 4 is 0 Å². The summed E-state index contributed by atoms with van der Waals surface area (Å²) in [5.74, 6) is 3.29. The molecule has 2 bridgehead atoms. The van der Waals surface area contributed by atoms with Crippen LogP contribution in [0.5, 0.6) is 0 Å². The third kappa shape index (κ3) is 2.61. The molecular weight excluding hydrogens is 218 g/mol. The fourth-order valence-electron chi connectivity index (χ4n) is 4.69. The van der Waals surface area contributed by atoms with Gasteiger partial charge in [-0.25, -0.2) is 0 Å². The quantitative estimate of drug-likeness (QED) is 0.706. The Kier molecular flexibility index (Phi) is 3.71. The lowest BCUT2D eigenvalue weighted by atomic mass is 9.71. The van der Waals surface area contributed by atoms with Crippen molar-refractivity contribution < 1.29 is 0 Å². The monoisotopic (exact) mass is 249 g/mol. The molecular formula is C17H31N. The average Bonchev–Trinajstić information content (AvgIpc) is 3.01. The lowest BCUT2D eigenvalue weighted by Crippen LogP contribution is -2.37. The number of nitrogens with one attached hydrogen (secondary N) is 1. The molecule has 0 aromatic rings. The molecule has 18 heavy (non-hydrogen) atoms. The molecule has 0 radical (unpaired) electrons. The van der Waals surface area contributed by atoms with Crippen molar-refractivity contribution in [3.8, 4) is 0 Å². The highest BCUT2D eigenvalue weighted by Gasteiger charge is 2.43. The number of hydrogen-bond acceptors (Lipinski definition) is 1. The first-order chi connectivity index (χ1) is 8.74. The van der Waals surface area contributed by atoms with E-state index in [4.69, 9.17) is 0 Å². The van der Waals surface area contributed by atoms with Gasteiger partial charge in [-0.05, 0) is 74.5 Å². The summed E-state index contributed by atoms with van der Waals surface area (Å²) in [4.78, 5) is 0. The second-order valence-electron chi connectivity index (χ2n) is 7.50. The Morgan fingerprint density at radius 2 is 1.78 bits per heavy atom. The van der Waals surface area contributed by atoms with Gasteiger partial charge in [-0.3, -0.25) is 0 Å². The fourth-order valence-corrected chi connectivity index (χ4v) is 4.69. The maximum atomic E-state index is 3.82. The van der Waals surface area contributed by atoms with E-state index in [9.17, 15) is 0 Å². The molecule has 0 heterocycles. The molecule has 3 atom stereocenters. The second-order valence-corrected chi connectivity index (χ2v) is 7.50. The van der Waals surface area contributed by atoms with Crippen LogP contribution in [0.15, 0.2) is 0 Å². The van der Waals surface area contributed by atoms with Gasteiger partial charge in [0.05, 0.1) is 0 Å². The summed E-state index contributed by atoms with van der Waals surface area (Å²) in [6.45, 7) is 6.13. The topological polar surface area (TPSA) is 12.0 Å². The minimum absolute atomic E-state index is 0.609. The molecule has 3 aliphatic rings. The first-order valence-electron chi connectivity index (χ1n) is 8.48. The zero-order valence-electron chi connectivity index (χ0n) is 12.4. The van der Waals surface area contributed by atoms with E-state index in [1.807, 2.05) is 0 Å². The predicted molar refractivity (Wildman–Crippen MR) is 77.6 cm³/mol. The Morgan fingerprint density at radius 3 is 2.28 bits per heavy atom. The molecule has 3 rings (SSSR count). The van der Waals surface area contributed by atoms with Crippen LogP contribution in [0.2, 0.25) is 0 Å². The first-order valence-corrected chi connectivity index (χ1v) is 8.48. The minimum Gasteiger partial charge on any atom is -0.313 e. The van der Waals surface area contributed by atoms with Gasteiger partial charge in [0, 0.05) is 12.6 Å². The highest BCUT2D eigenvalue weighted by molar-refractivity contribution is 4.95. The first kappa shape index (κ1) is 13.0. The predicted octanol–water partition coefficient (Wildman–Crippen LogP) is 4.37. The highest BCUT2D eigenvalue weighted by Crippen LogP contribution is 2.52. The molecule has 1 N–H and O–H groups in total. The van der Waals surface area contributed by atoms with Gasteiger partial charge in [0.2, 0.25) is 0 Å². The standard InChI is InChI=1S/C17H31N/c1-3-17(4-2,12-18-16-7-8-16)11-15-10-13-5-6-14(15)9-13/h13-16,18H,3-12H2,1-2H3. The van der Waals surface area contributed by atoms with Crippen LogP contribution in [0, 0.1) is 23.2 Å². The van der Waals surface area contributed by atoms with Gasteiger partial charge in [-0.1, -0.05) is 20.3 Å². The van der Waals surface area contributed by atoms with Crippen molar-refractivity contribution in [1.29, 1.82) is 0 Å². The molecule has 0 spiro atoms. The summed E-state index contributed by atoms with van der Waals surface area (Å²) in [5, 5.41) is 3.82. The third-order valence-electron chi connectivity index (χ3n) is 6.42. The number of fused-ring (bicyclic) bond motifs is 2. The van der Waals surface area contributed by atoms with Crippen molar-refractivity contribution in [3.63, 3.8) is 0 Å². The van der Waals surface area contributed by atoms with Crippen LogP contribution in [0.25, 0.3) is 0 Å². The van der Waals surface area contributed by atoms with E-state index in [2.05, 4.69) is 19.2 Å². The van der Waals surface area contributed by atoms with Crippen LogP contribution in [-0.4, -0.2) is 12.6 Å². The Hall–Kier alpha value is -0.0400. The lowest BCUT2D eigenvalue weighted by molar-refractivity contribution is 0.153. The molecule has 1 heteroatoms. The molecule has 3 fully saturated rings. The second kappa shape index (κ2) is 5.15. The molecule has 3 aliphatic carbocycles.